The third-order valence-corrected chi connectivity index (χ3v) is 4.33. The molecule has 0 aliphatic carbocycles. The van der Waals surface area contributed by atoms with Gasteiger partial charge in [-0.3, -0.25) is 9.59 Å². The maximum Gasteiger partial charge on any atom is 0.265 e. The van der Waals surface area contributed by atoms with Gasteiger partial charge in [0.05, 0.1) is 11.3 Å². The molecule has 2 rings (SSSR count). The summed E-state index contributed by atoms with van der Waals surface area (Å²) >= 11 is 6.03. The van der Waals surface area contributed by atoms with Crippen LogP contribution in [-0.2, 0) is 4.79 Å². The number of para-hydroxylation sites is 1. The van der Waals surface area contributed by atoms with E-state index in [0.717, 1.165) is 5.56 Å². The van der Waals surface area contributed by atoms with Crippen molar-refractivity contribution < 1.29 is 14.3 Å². The van der Waals surface area contributed by atoms with Gasteiger partial charge in [0.25, 0.3) is 11.8 Å². The number of rotatable bonds is 8. The Morgan fingerprint density at radius 2 is 2.00 bits per heavy atom. The number of aryl methyl sites for hydroxylation is 1. The number of anilines is 1. The van der Waals surface area contributed by atoms with E-state index in [0.29, 0.717) is 35.0 Å². The molecule has 5 nitrogen and oxygen atoms in total. The van der Waals surface area contributed by atoms with E-state index >= 15 is 0 Å². The van der Waals surface area contributed by atoms with Gasteiger partial charge in [-0.15, -0.1) is 6.58 Å². The van der Waals surface area contributed by atoms with Crippen molar-refractivity contribution in [3.8, 4) is 5.75 Å². The molecule has 0 saturated carbocycles. The Balaban J connectivity index is 2.13. The Morgan fingerprint density at radius 3 is 2.67 bits per heavy atom. The predicted molar refractivity (Wildman–Crippen MR) is 108 cm³/mol. The molecular weight excluding hydrogens is 364 g/mol. The Hall–Kier alpha value is -2.79. The lowest BCUT2D eigenvalue weighted by atomic mass is 10.1. The summed E-state index contributed by atoms with van der Waals surface area (Å²) in [5.74, 6) is -0.0434. The summed E-state index contributed by atoms with van der Waals surface area (Å²) in [6.45, 7) is 7.64. The van der Waals surface area contributed by atoms with E-state index in [9.17, 15) is 9.59 Å². The minimum Gasteiger partial charge on any atom is -0.481 e. The third-order valence-electron chi connectivity index (χ3n) is 3.91. The molecule has 0 saturated heterocycles. The van der Waals surface area contributed by atoms with Crippen LogP contribution >= 0.6 is 11.6 Å². The Kier molecular flexibility index (Phi) is 7.44. The second-order valence-corrected chi connectivity index (χ2v) is 6.37. The van der Waals surface area contributed by atoms with Crippen LogP contribution in [0.25, 0.3) is 0 Å². The van der Waals surface area contributed by atoms with Crippen molar-refractivity contribution in [2.45, 2.75) is 26.4 Å². The van der Waals surface area contributed by atoms with E-state index in [1.165, 1.54) is 0 Å². The Bertz CT molecular complexity index is 836. The van der Waals surface area contributed by atoms with E-state index in [4.69, 9.17) is 16.3 Å². The van der Waals surface area contributed by atoms with Crippen molar-refractivity contribution in [3.63, 3.8) is 0 Å². The van der Waals surface area contributed by atoms with Gasteiger partial charge in [0.1, 0.15) is 5.75 Å². The molecule has 0 heterocycles. The van der Waals surface area contributed by atoms with Crippen LogP contribution in [0, 0.1) is 6.92 Å². The van der Waals surface area contributed by atoms with Gasteiger partial charge in [-0.05, 0) is 49.2 Å². The highest BCUT2D eigenvalue weighted by Gasteiger charge is 2.21. The van der Waals surface area contributed by atoms with Crippen molar-refractivity contribution in [2.75, 3.05) is 11.9 Å². The lowest BCUT2D eigenvalue weighted by Gasteiger charge is -2.19. The van der Waals surface area contributed by atoms with Gasteiger partial charge in [0.2, 0.25) is 0 Å². The average molecular weight is 387 g/mol. The molecule has 0 radical (unpaired) electrons. The number of halogens is 1. The molecule has 6 heteroatoms. The first-order chi connectivity index (χ1) is 13.0. The van der Waals surface area contributed by atoms with Crippen LogP contribution in [0.5, 0.6) is 5.75 Å². The van der Waals surface area contributed by atoms with E-state index in [1.807, 2.05) is 13.8 Å². The third kappa shape index (κ3) is 5.59. The zero-order valence-corrected chi connectivity index (χ0v) is 16.2. The molecule has 2 aromatic rings. The molecular formula is C21H23ClN2O3. The monoisotopic (exact) mass is 386 g/mol. The summed E-state index contributed by atoms with van der Waals surface area (Å²) < 4.78 is 5.81. The summed E-state index contributed by atoms with van der Waals surface area (Å²) in [4.78, 5) is 24.9. The van der Waals surface area contributed by atoms with Crippen LogP contribution in [0.4, 0.5) is 5.69 Å². The fourth-order valence-electron chi connectivity index (χ4n) is 2.44. The molecule has 2 amide bonds. The number of ether oxygens (including phenoxy) is 1. The Morgan fingerprint density at radius 1 is 1.26 bits per heavy atom. The highest BCUT2D eigenvalue weighted by atomic mass is 35.5. The normalized spacial score (nSPS) is 11.4. The molecule has 142 valence electrons. The minimum absolute atomic E-state index is 0.284. The highest BCUT2D eigenvalue weighted by Crippen LogP contribution is 2.23. The number of hydrogen-bond donors (Lipinski definition) is 2. The standard InChI is InChI=1S/C21H23ClN2O3/c1-4-12-23-20(25)16-8-6-7-9-18(16)24-21(26)19(5-2)27-15-10-11-17(22)14(3)13-15/h4,6-11,13,19H,1,5,12H2,2-3H3,(H,23,25)(H,24,26)/t19-/m0/s1. The van der Waals surface area contributed by atoms with Crippen molar-refractivity contribution >= 4 is 29.1 Å². The molecule has 0 unspecified atom stereocenters. The van der Waals surface area contributed by atoms with Gasteiger partial charge in [0.15, 0.2) is 6.10 Å². The maximum atomic E-state index is 12.7. The van der Waals surface area contributed by atoms with E-state index in [1.54, 1.807) is 48.5 Å². The SMILES string of the molecule is C=CCNC(=O)c1ccccc1NC(=O)[C@H](CC)Oc1ccc(Cl)c(C)c1. The maximum absolute atomic E-state index is 12.7. The molecule has 0 fully saturated rings. The molecule has 0 aliphatic rings. The van der Waals surface area contributed by atoms with Crippen LogP contribution in [-0.4, -0.2) is 24.5 Å². The van der Waals surface area contributed by atoms with E-state index in [-0.39, 0.29) is 11.8 Å². The van der Waals surface area contributed by atoms with E-state index in [2.05, 4.69) is 17.2 Å². The number of hydrogen-bond acceptors (Lipinski definition) is 3. The summed E-state index contributed by atoms with van der Waals surface area (Å²) in [6.07, 6.45) is 1.36. The van der Waals surface area contributed by atoms with Crippen LogP contribution < -0.4 is 15.4 Å². The van der Waals surface area contributed by atoms with Gasteiger partial charge in [-0.2, -0.15) is 0 Å². The number of benzene rings is 2. The summed E-state index contributed by atoms with van der Waals surface area (Å²) in [5, 5.41) is 6.13. The molecule has 2 aromatic carbocycles. The van der Waals surface area contributed by atoms with Crippen LogP contribution in [0.3, 0.4) is 0 Å². The predicted octanol–water partition coefficient (Wildman–Crippen LogP) is 4.36. The molecule has 1 atom stereocenters. The van der Waals surface area contributed by atoms with Crippen LogP contribution in [0.2, 0.25) is 5.02 Å². The smallest absolute Gasteiger partial charge is 0.265 e. The number of carbonyl (C=O) groups excluding carboxylic acids is 2. The molecule has 0 spiro atoms. The van der Waals surface area contributed by atoms with Gasteiger partial charge in [0, 0.05) is 11.6 Å². The van der Waals surface area contributed by atoms with Crippen LogP contribution in [0.1, 0.15) is 29.3 Å². The zero-order chi connectivity index (χ0) is 19.8. The van der Waals surface area contributed by atoms with Crippen molar-refractivity contribution in [3.05, 3.63) is 71.3 Å². The summed E-state index contributed by atoms with van der Waals surface area (Å²) in [5.41, 5.74) is 1.68. The minimum atomic E-state index is -0.699. The topological polar surface area (TPSA) is 67.4 Å². The molecule has 0 aromatic heterocycles. The Labute approximate surface area is 164 Å². The number of carbonyl (C=O) groups is 2. The largest absolute Gasteiger partial charge is 0.481 e. The molecule has 27 heavy (non-hydrogen) atoms. The number of nitrogens with one attached hydrogen (secondary N) is 2. The van der Waals surface area contributed by atoms with Crippen molar-refractivity contribution in [1.82, 2.24) is 5.32 Å². The summed E-state index contributed by atoms with van der Waals surface area (Å²) in [6, 6.07) is 12.1. The van der Waals surface area contributed by atoms with Gasteiger partial charge in [-0.25, -0.2) is 0 Å². The van der Waals surface area contributed by atoms with Crippen molar-refractivity contribution in [1.29, 1.82) is 0 Å². The first kappa shape index (κ1) is 20.5. The highest BCUT2D eigenvalue weighted by molar-refractivity contribution is 6.31. The van der Waals surface area contributed by atoms with Gasteiger partial charge >= 0.3 is 0 Å². The van der Waals surface area contributed by atoms with Crippen LogP contribution in [0.15, 0.2) is 55.1 Å². The fourth-order valence-corrected chi connectivity index (χ4v) is 2.56. The lowest BCUT2D eigenvalue weighted by molar-refractivity contribution is -0.122. The lowest BCUT2D eigenvalue weighted by Crippen LogP contribution is -2.33. The summed E-state index contributed by atoms with van der Waals surface area (Å²) in [7, 11) is 0. The second-order valence-electron chi connectivity index (χ2n) is 5.96. The average Bonchev–Trinajstić information content (AvgIpc) is 2.67. The van der Waals surface area contributed by atoms with Gasteiger partial charge < -0.3 is 15.4 Å². The van der Waals surface area contributed by atoms with Gasteiger partial charge in [-0.1, -0.05) is 36.7 Å². The fraction of sp³-hybridized carbons (Fsp3) is 0.238. The first-order valence-corrected chi connectivity index (χ1v) is 9.05. The number of amides is 2. The quantitative estimate of drug-likeness (QED) is 0.662. The van der Waals surface area contributed by atoms with E-state index < -0.39 is 6.10 Å². The zero-order valence-electron chi connectivity index (χ0n) is 15.4. The van der Waals surface area contributed by atoms with Crippen molar-refractivity contribution in [2.24, 2.45) is 0 Å². The molecule has 2 N–H and O–H groups in total. The first-order valence-electron chi connectivity index (χ1n) is 8.68. The molecule has 0 aliphatic heterocycles. The molecule has 0 bridgehead atoms. The second kappa shape index (κ2) is 9.78.